The molecule has 0 aliphatic heterocycles. The number of hydrogen-bond donors (Lipinski definition) is 2. The number of nitrogens with zero attached hydrogens (tertiary/aromatic N) is 6. The van der Waals surface area contributed by atoms with Crippen LogP contribution in [0.4, 0.5) is 24.8 Å². The van der Waals surface area contributed by atoms with E-state index in [0.717, 1.165) is 0 Å². The zero-order chi connectivity index (χ0) is 19.7. The molecule has 9 nitrogen and oxygen atoms in total. The topological polar surface area (TPSA) is 106 Å². The van der Waals surface area contributed by atoms with Crippen molar-refractivity contribution in [1.29, 1.82) is 0 Å². The quantitative estimate of drug-likeness (QED) is 0.487. The lowest BCUT2D eigenvalue weighted by atomic mass is 10.1. The molecule has 4 rings (SSSR count). The summed E-state index contributed by atoms with van der Waals surface area (Å²) < 4.78 is 44.2. The smallest absolute Gasteiger partial charge is 0.388 e. The van der Waals surface area contributed by atoms with Gasteiger partial charge in [0, 0.05) is 17.8 Å². The number of rotatable bonds is 6. The van der Waals surface area contributed by atoms with Gasteiger partial charge in [-0.2, -0.15) is 18.3 Å². The fourth-order valence-corrected chi connectivity index (χ4v) is 2.66. The number of hydrogen-bond acceptors (Lipinski definition) is 7. The van der Waals surface area contributed by atoms with Gasteiger partial charge in [0.15, 0.2) is 11.5 Å². The van der Waals surface area contributed by atoms with E-state index in [1.807, 2.05) is 0 Å². The number of anilines is 2. The van der Waals surface area contributed by atoms with Crippen LogP contribution in [0.25, 0.3) is 11.2 Å². The molecule has 0 unspecified atom stereocenters. The van der Waals surface area contributed by atoms with Gasteiger partial charge in [-0.25, -0.2) is 19.6 Å². The van der Waals surface area contributed by atoms with E-state index in [-0.39, 0.29) is 11.7 Å². The number of alkyl halides is 2. The highest BCUT2D eigenvalue weighted by Crippen LogP contribution is 2.24. The van der Waals surface area contributed by atoms with E-state index < -0.39 is 18.6 Å². The first-order chi connectivity index (χ1) is 13.5. The highest BCUT2D eigenvalue weighted by atomic mass is 19.3. The minimum Gasteiger partial charge on any atom is -0.415 e. The van der Waals surface area contributed by atoms with Crippen molar-refractivity contribution in [1.82, 2.24) is 34.9 Å². The summed E-state index contributed by atoms with van der Waals surface area (Å²) in [6, 6.07) is 4.03. The van der Waals surface area contributed by atoms with Crippen molar-refractivity contribution < 1.29 is 17.9 Å². The normalized spacial score (nSPS) is 12.5. The number of H-pyrrole nitrogens is 1. The molecular weight excluding hydrogens is 377 g/mol. The summed E-state index contributed by atoms with van der Waals surface area (Å²) in [6.07, 6.45) is 4.32. The van der Waals surface area contributed by atoms with Crippen LogP contribution in [0.1, 0.15) is 18.5 Å². The van der Waals surface area contributed by atoms with Crippen LogP contribution in [-0.4, -0.2) is 41.5 Å². The molecule has 0 saturated carbocycles. The van der Waals surface area contributed by atoms with E-state index in [0.29, 0.717) is 22.5 Å². The lowest BCUT2D eigenvalue weighted by Crippen LogP contribution is -2.12. The zero-order valence-electron chi connectivity index (χ0n) is 14.3. The van der Waals surface area contributed by atoms with Crippen LogP contribution in [-0.2, 0) is 0 Å². The van der Waals surface area contributed by atoms with E-state index >= 15 is 0 Å². The van der Waals surface area contributed by atoms with E-state index in [1.54, 1.807) is 19.1 Å². The molecule has 0 spiro atoms. The van der Waals surface area contributed by atoms with Crippen molar-refractivity contribution in [2.24, 2.45) is 0 Å². The van der Waals surface area contributed by atoms with E-state index in [2.05, 4.69) is 40.3 Å². The van der Waals surface area contributed by atoms with Gasteiger partial charge in [-0.05, 0) is 13.0 Å². The third-order valence-corrected chi connectivity index (χ3v) is 3.93. The molecule has 0 amide bonds. The molecule has 144 valence electrons. The lowest BCUT2D eigenvalue weighted by molar-refractivity contribution is -0.0528. The maximum absolute atomic E-state index is 14.0. The van der Waals surface area contributed by atoms with E-state index in [1.165, 1.54) is 29.3 Å². The van der Waals surface area contributed by atoms with Crippen LogP contribution in [0.15, 0.2) is 36.8 Å². The van der Waals surface area contributed by atoms with Gasteiger partial charge in [-0.1, -0.05) is 6.07 Å². The van der Waals surface area contributed by atoms with Gasteiger partial charge in [0.1, 0.15) is 11.3 Å². The third-order valence-electron chi connectivity index (χ3n) is 3.93. The first kappa shape index (κ1) is 17.7. The summed E-state index contributed by atoms with van der Waals surface area (Å²) in [7, 11) is 0. The van der Waals surface area contributed by atoms with Crippen molar-refractivity contribution in [2.75, 3.05) is 5.32 Å². The van der Waals surface area contributed by atoms with Crippen LogP contribution in [0, 0.1) is 5.95 Å². The van der Waals surface area contributed by atoms with Gasteiger partial charge in [0.25, 0.3) is 0 Å². The van der Waals surface area contributed by atoms with E-state index in [9.17, 15) is 13.2 Å². The average molecular weight is 390 g/mol. The predicted octanol–water partition coefficient (Wildman–Crippen LogP) is 3.04. The first-order valence-corrected chi connectivity index (χ1v) is 8.09. The minimum atomic E-state index is -2.98. The standard InChI is InChI=1S/C16H13F3N8O/c1-8(9-3-2-4-20-14(9)17)27-15-10(6-22-27)21-7-12(24-15)23-11-5-13(26-25-11)28-16(18)19/h2-8,16H,1H3,(H2,23,24,25,26)/t8-/m0/s1. The molecule has 4 heterocycles. The molecule has 0 aromatic carbocycles. The van der Waals surface area contributed by atoms with Crippen molar-refractivity contribution >= 4 is 22.8 Å². The highest BCUT2D eigenvalue weighted by Gasteiger charge is 2.18. The molecular formula is C16H13F3N8O. The molecule has 4 aromatic heterocycles. The average Bonchev–Trinajstić information content (AvgIpc) is 3.27. The number of aromatic nitrogens is 7. The number of halogens is 3. The Labute approximate surface area is 155 Å². The van der Waals surface area contributed by atoms with Gasteiger partial charge in [0.05, 0.1) is 18.4 Å². The lowest BCUT2D eigenvalue weighted by Gasteiger charge is -2.13. The van der Waals surface area contributed by atoms with Crippen molar-refractivity contribution in [2.45, 2.75) is 19.6 Å². The maximum atomic E-state index is 14.0. The molecule has 0 bridgehead atoms. The molecule has 1 atom stereocenters. The van der Waals surface area contributed by atoms with Gasteiger partial charge in [0.2, 0.25) is 11.8 Å². The van der Waals surface area contributed by atoms with Gasteiger partial charge in [-0.3, -0.25) is 5.10 Å². The summed E-state index contributed by atoms with van der Waals surface area (Å²) in [6.45, 7) is -1.21. The first-order valence-electron chi connectivity index (χ1n) is 8.09. The molecule has 12 heteroatoms. The van der Waals surface area contributed by atoms with Crippen LogP contribution in [0.5, 0.6) is 5.88 Å². The number of fused-ring (bicyclic) bond motifs is 1. The Balaban J connectivity index is 1.63. The Hall–Kier alpha value is -3.70. The Kier molecular flexibility index (Phi) is 4.51. The molecule has 0 aliphatic rings. The monoisotopic (exact) mass is 390 g/mol. The van der Waals surface area contributed by atoms with E-state index in [4.69, 9.17) is 0 Å². The second-order valence-corrected chi connectivity index (χ2v) is 5.74. The van der Waals surface area contributed by atoms with Crippen molar-refractivity contribution in [3.63, 3.8) is 0 Å². The molecule has 4 aromatic rings. The number of pyridine rings is 1. The number of ether oxygens (including phenoxy) is 1. The molecule has 28 heavy (non-hydrogen) atoms. The fourth-order valence-electron chi connectivity index (χ4n) is 2.66. The van der Waals surface area contributed by atoms with Crippen LogP contribution in [0.3, 0.4) is 0 Å². The van der Waals surface area contributed by atoms with Crippen LogP contribution < -0.4 is 10.1 Å². The summed E-state index contributed by atoms with van der Waals surface area (Å²) in [4.78, 5) is 12.3. The molecule has 0 fully saturated rings. The Bertz CT molecular complexity index is 1110. The summed E-state index contributed by atoms with van der Waals surface area (Å²) in [5.74, 6) is -0.274. The number of nitrogens with one attached hydrogen (secondary N) is 2. The maximum Gasteiger partial charge on any atom is 0.388 e. The van der Waals surface area contributed by atoms with Crippen LogP contribution >= 0.6 is 0 Å². The third kappa shape index (κ3) is 3.43. The van der Waals surface area contributed by atoms with Gasteiger partial charge < -0.3 is 10.1 Å². The van der Waals surface area contributed by atoms with Gasteiger partial charge >= 0.3 is 6.61 Å². The molecule has 2 N–H and O–H groups in total. The largest absolute Gasteiger partial charge is 0.415 e. The molecule has 0 radical (unpaired) electrons. The zero-order valence-corrected chi connectivity index (χ0v) is 14.3. The predicted molar refractivity (Wildman–Crippen MR) is 91.8 cm³/mol. The number of aromatic amines is 1. The molecule has 0 aliphatic carbocycles. The van der Waals surface area contributed by atoms with Crippen molar-refractivity contribution in [3.05, 3.63) is 48.3 Å². The fraction of sp³-hybridized carbons (Fsp3) is 0.188. The SMILES string of the molecule is C[C@@H](c1cccnc1F)n1ncc2ncc(Nc3cc(OC(F)F)n[nH]3)nc21. The van der Waals surface area contributed by atoms with Crippen LogP contribution in [0.2, 0.25) is 0 Å². The van der Waals surface area contributed by atoms with Crippen molar-refractivity contribution in [3.8, 4) is 5.88 Å². The van der Waals surface area contributed by atoms with Gasteiger partial charge in [-0.15, -0.1) is 5.10 Å². The summed E-state index contributed by atoms with van der Waals surface area (Å²) in [5, 5.41) is 13.2. The second-order valence-electron chi connectivity index (χ2n) is 5.74. The summed E-state index contributed by atoms with van der Waals surface area (Å²) in [5.41, 5.74) is 1.27. The second kappa shape index (κ2) is 7.13. The minimum absolute atomic E-state index is 0.266. The Morgan fingerprint density at radius 3 is 2.89 bits per heavy atom. The Morgan fingerprint density at radius 2 is 2.11 bits per heavy atom. The highest BCUT2D eigenvalue weighted by molar-refractivity contribution is 5.72. The summed E-state index contributed by atoms with van der Waals surface area (Å²) >= 11 is 0. The molecule has 0 saturated heterocycles. The Morgan fingerprint density at radius 1 is 1.25 bits per heavy atom.